The van der Waals surface area contributed by atoms with Crippen molar-refractivity contribution in [2.45, 2.75) is 58.0 Å². The summed E-state index contributed by atoms with van der Waals surface area (Å²) in [5.41, 5.74) is 2.34. The van der Waals surface area contributed by atoms with Gasteiger partial charge in [0.05, 0.1) is 23.3 Å². The molecule has 1 amide bonds. The molecule has 3 aromatic rings. The standard InChI is InChI=1S/C22H25N3O4S3/c1-4-12-11(3)31-20(17(12)21(28)29-5-2)23-15(26)10-30-22-24-18(27)16-13-8-6-7-9-14(13)32-19(16)25-22/h4-10H2,1-3H3,(H,23,26)(H,24,25,27). The fourth-order valence-corrected chi connectivity index (χ4v) is 7.15. The van der Waals surface area contributed by atoms with Gasteiger partial charge >= 0.3 is 5.97 Å². The molecule has 0 fully saturated rings. The van der Waals surface area contributed by atoms with E-state index in [1.165, 1.54) is 28.0 Å². The van der Waals surface area contributed by atoms with Crippen molar-refractivity contribution in [3.63, 3.8) is 0 Å². The topological polar surface area (TPSA) is 101 Å². The number of nitrogens with one attached hydrogen (secondary N) is 2. The molecule has 32 heavy (non-hydrogen) atoms. The number of aromatic nitrogens is 2. The van der Waals surface area contributed by atoms with Gasteiger partial charge in [-0.05, 0) is 57.1 Å². The first-order chi connectivity index (χ1) is 15.4. The Morgan fingerprint density at radius 3 is 2.75 bits per heavy atom. The number of amides is 1. The van der Waals surface area contributed by atoms with Crippen LogP contribution in [-0.2, 0) is 28.8 Å². The second kappa shape index (κ2) is 9.76. The first-order valence-electron chi connectivity index (χ1n) is 10.7. The molecular weight excluding hydrogens is 466 g/mol. The van der Waals surface area contributed by atoms with Crippen LogP contribution in [0.25, 0.3) is 10.2 Å². The molecule has 0 unspecified atom stereocenters. The zero-order chi connectivity index (χ0) is 22.8. The Bertz CT molecular complexity index is 1240. The highest BCUT2D eigenvalue weighted by Gasteiger charge is 2.24. The van der Waals surface area contributed by atoms with E-state index in [0.717, 1.165) is 46.5 Å². The van der Waals surface area contributed by atoms with E-state index in [1.807, 2.05) is 13.8 Å². The predicted molar refractivity (Wildman–Crippen MR) is 131 cm³/mol. The van der Waals surface area contributed by atoms with E-state index < -0.39 is 5.97 Å². The van der Waals surface area contributed by atoms with Gasteiger partial charge in [-0.2, -0.15) is 0 Å². The molecule has 0 aliphatic heterocycles. The summed E-state index contributed by atoms with van der Waals surface area (Å²) in [6.45, 7) is 5.93. The first kappa shape index (κ1) is 23.0. The normalized spacial score (nSPS) is 13.2. The molecule has 0 saturated heterocycles. The van der Waals surface area contributed by atoms with Crippen LogP contribution < -0.4 is 10.9 Å². The fourth-order valence-electron chi connectivity index (χ4n) is 4.02. The third kappa shape index (κ3) is 4.49. The third-order valence-corrected chi connectivity index (χ3v) is 8.56. The van der Waals surface area contributed by atoms with Gasteiger partial charge in [-0.15, -0.1) is 22.7 Å². The van der Waals surface area contributed by atoms with E-state index in [9.17, 15) is 14.4 Å². The maximum Gasteiger partial charge on any atom is 0.341 e. The van der Waals surface area contributed by atoms with Crippen molar-refractivity contribution in [3.8, 4) is 0 Å². The minimum absolute atomic E-state index is 0.0697. The molecule has 3 aromatic heterocycles. The van der Waals surface area contributed by atoms with Crippen LogP contribution in [-0.4, -0.2) is 34.2 Å². The van der Waals surface area contributed by atoms with Crippen molar-refractivity contribution in [3.05, 3.63) is 36.8 Å². The molecule has 4 rings (SSSR count). The smallest absolute Gasteiger partial charge is 0.341 e. The second-order valence-electron chi connectivity index (χ2n) is 7.51. The van der Waals surface area contributed by atoms with Crippen LogP contribution in [0.1, 0.15) is 57.9 Å². The molecule has 0 bridgehead atoms. The van der Waals surface area contributed by atoms with E-state index in [0.29, 0.717) is 27.5 Å². The molecule has 1 aliphatic carbocycles. The van der Waals surface area contributed by atoms with Gasteiger partial charge in [0, 0.05) is 9.75 Å². The molecule has 0 spiro atoms. The van der Waals surface area contributed by atoms with Crippen molar-refractivity contribution in [1.82, 2.24) is 9.97 Å². The van der Waals surface area contributed by atoms with Crippen LogP contribution >= 0.6 is 34.4 Å². The Morgan fingerprint density at radius 2 is 2.00 bits per heavy atom. The molecule has 0 aromatic carbocycles. The second-order valence-corrected chi connectivity index (χ2v) is 10.8. The number of hydrogen-bond donors (Lipinski definition) is 2. The summed E-state index contributed by atoms with van der Waals surface area (Å²) in [4.78, 5) is 48.2. The van der Waals surface area contributed by atoms with Crippen molar-refractivity contribution < 1.29 is 14.3 Å². The number of thioether (sulfide) groups is 1. The Kier molecular flexibility index (Phi) is 7.02. The highest BCUT2D eigenvalue weighted by molar-refractivity contribution is 7.99. The molecular formula is C22H25N3O4S3. The Hall–Kier alpha value is -2.17. The largest absolute Gasteiger partial charge is 0.462 e. The van der Waals surface area contributed by atoms with Crippen LogP contribution in [0.15, 0.2) is 9.95 Å². The highest BCUT2D eigenvalue weighted by Crippen LogP contribution is 2.35. The summed E-state index contributed by atoms with van der Waals surface area (Å²) >= 11 is 4.14. The van der Waals surface area contributed by atoms with Gasteiger partial charge in [-0.1, -0.05) is 18.7 Å². The zero-order valence-electron chi connectivity index (χ0n) is 18.3. The number of fused-ring (bicyclic) bond motifs is 3. The number of anilines is 1. The molecule has 7 nitrogen and oxygen atoms in total. The fraction of sp³-hybridized carbons (Fsp3) is 0.455. The molecule has 10 heteroatoms. The van der Waals surface area contributed by atoms with Crippen molar-refractivity contribution in [2.24, 2.45) is 0 Å². The summed E-state index contributed by atoms with van der Waals surface area (Å²) in [5, 5.41) is 4.49. The van der Waals surface area contributed by atoms with Gasteiger partial charge in [0.2, 0.25) is 5.91 Å². The van der Waals surface area contributed by atoms with E-state index in [-0.39, 0.29) is 23.8 Å². The van der Waals surface area contributed by atoms with Gasteiger partial charge in [0.25, 0.3) is 5.56 Å². The van der Waals surface area contributed by atoms with E-state index in [4.69, 9.17) is 4.74 Å². The van der Waals surface area contributed by atoms with E-state index in [2.05, 4.69) is 15.3 Å². The Morgan fingerprint density at radius 1 is 1.22 bits per heavy atom. The highest BCUT2D eigenvalue weighted by atomic mass is 32.2. The number of hydrogen-bond acceptors (Lipinski definition) is 8. The van der Waals surface area contributed by atoms with Crippen LogP contribution in [0.4, 0.5) is 5.00 Å². The predicted octanol–water partition coefficient (Wildman–Crippen LogP) is 4.70. The van der Waals surface area contributed by atoms with Gasteiger partial charge < -0.3 is 15.0 Å². The molecule has 2 N–H and O–H groups in total. The van der Waals surface area contributed by atoms with Gasteiger partial charge in [0.1, 0.15) is 9.83 Å². The molecule has 0 saturated carbocycles. The minimum atomic E-state index is -0.422. The summed E-state index contributed by atoms with van der Waals surface area (Å²) in [5.74, 6) is -0.618. The zero-order valence-corrected chi connectivity index (χ0v) is 20.7. The van der Waals surface area contributed by atoms with E-state index >= 15 is 0 Å². The van der Waals surface area contributed by atoms with Crippen LogP contribution in [0.5, 0.6) is 0 Å². The summed E-state index contributed by atoms with van der Waals surface area (Å²) in [7, 11) is 0. The molecule has 0 radical (unpaired) electrons. The number of carbonyl (C=O) groups is 2. The molecule has 3 heterocycles. The van der Waals surface area contributed by atoms with Crippen LogP contribution in [0.2, 0.25) is 0 Å². The lowest BCUT2D eigenvalue weighted by Gasteiger charge is -2.09. The number of ether oxygens (including phenoxy) is 1. The number of esters is 1. The number of thiophene rings is 2. The Balaban J connectivity index is 1.50. The average molecular weight is 492 g/mol. The van der Waals surface area contributed by atoms with Crippen molar-refractivity contribution in [2.75, 3.05) is 17.7 Å². The monoisotopic (exact) mass is 491 g/mol. The Labute approximate surface area is 198 Å². The third-order valence-electron chi connectivity index (χ3n) is 5.44. The van der Waals surface area contributed by atoms with Gasteiger partial charge in [-0.3, -0.25) is 9.59 Å². The van der Waals surface area contributed by atoms with Crippen molar-refractivity contribution in [1.29, 1.82) is 0 Å². The maximum atomic E-state index is 12.7. The number of carbonyl (C=O) groups excluding carboxylic acids is 2. The van der Waals surface area contributed by atoms with Gasteiger partial charge in [0.15, 0.2) is 5.16 Å². The lowest BCUT2D eigenvalue weighted by Crippen LogP contribution is -2.17. The summed E-state index contributed by atoms with van der Waals surface area (Å²) in [6.07, 6.45) is 4.86. The van der Waals surface area contributed by atoms with Crippen LogP contribution in [0.3, 0.4) is 0 Å². The number of rotatable bonds is 7. The number of aromatic amines is 1. The number of aryl methyl sites for hydroxylation is 3. The number of nitrogens with zero attached hydrogens (tertiary/aromatic N) is 1. The summed E-state index contributed by atoms with van der Waals surface area (Å²) in [6, 6.07) is 0. The summed E-state index contributed by atoms with van der Waals surface area (Å²) < 4.78 is 5.19. The quantitative estimate of drug-likeness (QED) is 0.282. The van der Waals surface area contributed by atoms with Gasteiger partial charge in [-0.25, -0.2) is 9.78 Å². The minimum Gasteiger partial charge on any atom is -0.462 e. The molecule has 170 valence electrons. The molecule has 1 aliphatic rings. The molecule has 0 atom stereocenters. The lowest BCUT2D eigenvalue weighted by molar-refractivity contribution is -0.113. The first-order valence-corrected chi connectivity index (χ1v) is 13.3. The number of H-pyrrole nitrogens is 1. The maximum absolute atomic E-state index is 12.7. The SMILES string of the molecule is CCOC(=O)c1c(NC(=O)CSc2nc3sc4c(c3c(=O)[nH]2)CCCC4)sc(C)c1CC. The lowest BCUT2D eigenvalue weighted by atomic mass is 9.97. The average Bonchev–Trinajstić information content (AvgIpc) is 3.29. The van der Waals surface area contributed by atoms with E-state index in [1.54, 1.807) is 18.3 Å². The van der Waals surface area contributed by atoms with Crippen LogP contribution in [0, 0.1) is 6.92 Å². The van der Waals surface area contributed by atoms with Crippen molar-refractivity contribution >= 4 is 61.5 Å².